The highest BCUT2D eigenvalue weighted by Gasteiger charge is 2.08. The minimum atomic E-state index is -0.940. The molecule has 0 heterocycles. The number of halogens is 1. The van der Waals surface area contributed by atoms with E-state index in [2.05, 4.69) is 0 Å². The number of benzene rings is 1. The Bertz CT molecular complexity index is 356. The van der Waals surface area contributed by atoms with Crippen molar-refractivity contribution in [3.63, 3.8) is 0 Å². The Hall–Kier alpha value is -1.28. The summed E-state index contributed by atoms with van der Waals surface area (Å²) < 4.78 is 0. The lowest BCUT2D eigenvalue weighted by molar-refractivity contribution is -0.130. The van der Waals surface area contributed by atoms with Crippen LogP contribution in [0.3, 0.4) is 0 Å². The molecule has 0 fully saturated rings. The largest absolute Gasteiger partial charge is 0.478 e. The van der Waals surface area contributed by atoms with Gasteiger partial charge < -0.3 is 5.11 Å². The van der Waals surface area contributed by atoms with Gasteiger partial charge in [0.1, 0.15) is 0 Å². The molecule has 0 spiro atoms. The fraction of sp³-hybridized carbons (Fsp3) is 0.100. The van der Waals surface area contributed by atoms with Crippen LogP contribution < -0.4 is 0 Å². The first-order chi connectivity index (χ1) is 6.15. The van der Waals surface area contributed by atoms with E-state index in [0.29, 0.717) is 10.6 Å². The summed E-state index contributed by atoms with van der Waals surface area (Å²) in [5, 5.41) is 9.35. The molecule has 0 unspecified atom stereocenters. The zero-order valence-electron chi connectivity index (χ0n) is 7.12. The van der Waals surface area contributed by atoms with Crippen molar-refractivity contribution in [2.45, 2.75) is 6.92 Å². The monoisotopic (exact) mass is 196 g/mol. The average molecular weight is 197 g/mol. The predicted molar refractivity (Wildman–Crippen MR) is 52.7 cm³/mol. The molecule has 0 radical (unpaired) electrons. The van der Waals surface area contributed by atoms with Gasteiger partial charge in [0, 0.05) is 5.02 Å². The van der Waals surface area contributed by atoms with Crippen molar-refractivity contribution in [3.8, 4) is 0 Å². The van der Waals surface area contributed by atoms with Crippen molar-refractivity contribution in [2.24, 2.45) is 0 Å². The molecule has 1 N–H and O–H groups in total. The fourth-order valence-electron chi connectivity index (χ4n) is 1.07. The molecule has 1 aromatic carbocycles. The molecule has 13 heavy (non-hydrogen) atoms. The van der Waals surface area contributed by atoms with Crippen molar-refractivity contribution in [2.75, 3.05) is 0 Å². The van der Waals surface area contributed by atoms with Gasteiger partial charge in [-0.05, 0) is 24.6 Å². The summed E-state index contributed by atoms with van der Waals surface area (Å²) in [6.07, 6.45) is 1.55. The van der Waals surface area contributed by atoms with E-state index in [1.54, 1.807) is 37.3 Å². The van der Waals surface area contributed by atoms with Gasteiger partial charge in [-0.2, -0.15) is 0 Å². The minimum Gasteiger partial charge on any atom is -0.478 e. The van der Waals surface area contributed by atoms with E-state index in [-0.39, 0.29) is 5.57 Å². The number of hydrogen-bond donors (Lipinski definition) is 1. The van der Waals surface area contributed by atoms with Crippen molar-refractivity contribution >= 4 is 23.1 Å². The Morgan fingerprint density at radius 1 is 1.54 bits per heavy atom. The molecule has 2 nitrogen and oxygen atoms in total. The van der Waals surface area contributed by atoms with Crippen LogP contribution in [0.15, 0.2) is 30.3 Å². The zero-order valence-corrected chi connectivity index (χ0v) is 7.88. The van der Waals surface area contributed by atoms with E-state index in [0.717, 1.165) is 0 Å². The second-order valence-corrected chi connectivity index (χ2v) is 2.95. The first kappa shape index (κ1) is 9.81. The van der Waals surface area contributed by atoms with Crippen LogP contribution in [-0.4, -0.2) is 11.1 Å². The summed E-state index contributed by atoms with van der Waals surface area (Å²) in [6, 6.07) is 6.78. The van der Waals surface area contributed by atoms with Crippen molar-refractivity contribution in [1.29, 1.82) is 0 Å². The molecule has 0 atom stereocenters. The lowest BCUT2D eigenvalue weighted by Crippen LogP contribution is -1.98. The van der Waals surface area contributed by atoms with Gasteiger partial charge in [0.15, 0.2) is 0 Å². The molecule has 0 aliphatic rings. The summed E-state index contributed by atoms with van der Waals surface area (Å²) in [6.45, 7) is 1.68. The molecular weight excluding hydrogens is 188 g/mol. The lowest BCUT2D eigenvalue weighted by Gasteiger charge is -2.01. The van der Waals surface area contributed by atoms with E-state index >= 15 is 0 Å². The number of carboxylic acids is 1. The fourth-order valence-corrected chi connectivity index (χ4v) is 1.26. The summed E-state index contributed by atoms with van der Waals surface area (Å²) in [5.41, 5.74) is 0.894. The van der Waals surface area contributed by atoms with Gasteiger partial charge in [-0.3, -0.25) is 0 Å². The number of carbonyl (C=O) groups is 1. The third-order valence-electron chi connectivity index (χ3n) is 1.65. The van der Waals surface area contributed by atoms with Crippen molar-refractivity contribution in [3.05, 3.63) is 40.9 Å². The smallest absolute Gasteiger partial charge is 0.335 e. The van der Waals surface area contributed by atoms with Crippen molar-refractivity contribution in [1.82, 2.24) is 0 Å². The van der Waals surface area contributed by atoms with Gasteiger partial charge in [0.25, 0.3) is 0 Å². The average Bonchev–Trinajstić information content (AvgIpc) is 2.04. The van der Waals surface area contributed by atoms with E-state index in [9.17, 15) is 4.79 Å². The normalized spacial score (nSPS) is 11.4. The van der Waals surface area contributed by atoms with Crippen LogP contribution in [0.5, 0.6) is 0 Å². The summed E-state index contributed by atoms with van der Waals surface area (Å²) in [7, 11) is 0. The molecular formula is C10H9ClO2. The Morgan fingerprint density at radius 3 is 2.69 bits per heavy atom. The maximum atomic E-state index is 10.7. The quantitative estimate of drug-likeness (QED) is 0.739. The summed E-state index contributed by atoms with van der Waals surface area (Å²) >= 11 is 5.73. The SMILES string of the molecule is CC=C(C(=O)O)c1cccc(Cl)c1. The number of carboxylic acid groups (broad SMARTS) is 1. The van der Waals surface area contributed by atoms with Gasteiger partial charge in [-0.15, -0.1) is 0 Å². The highest BCUT2D eigenvalue weighted by atomic mass is 35.5. The predicted octanol–water partition coefficient (Wildman–Crippen LogP) is 2.83. The first-order valence-corrected chi connectivity index (χ1v) is 4.18. The van der Waals surface area contributed by atoms with Crippen LogP contribution in [-0.2, 0) is 4.79 Å². The Morgan fingerprint density at radius 2 is 2.23 bits per heavy atom. The molecule has 0 aromatic heterocycles. The van der Waals surface area contributed by atoms with Gasteiger partial charge >= 0.3 is 5.97 Å². The summed E-state index contributed by atoms with van der Waals surface area (Å²) in [5.74, 6) is -0.940. The summed E-state index contributed by atoms with van der Waals surface area (Å²) in [4.78, 5) is 10.7. The third-order valence-corrected chi connectivity index (χ3v) is 1.89. The molecule has 0 saturated heterocycles. The molecule has 1 rings (SSSR count). The maximum Gasteiger partial charge on any atom is 0.335 e. The molecule has 1 aromatic rings. The van der Waals surface area contributed by atoms with Gasteiger partial charge in [-0.1, -0.05) is 29.8 Å². The van der Waals surface area contributed by atoms with Gasteiger partial charge in [0.05, 0.1) is 5.57 Å². The van der Waals surface area contributed by atoms with E-state index in [1.807, 2.05) is 0 Å². The van der Waals surface area contributed by atoms with Crippen LogP contribution in [0.2, 0.25) is 5.02 Å². The lowest BCUT2D eigenvalue weighted by atomic mass is 10.1. The number of aliphatic carboxylic acids is 1. The van der Waals surface area contributed by atoms with Crippen LogP contribution in [0, 0.1) is 0 Å². The second-order valence-electron chi connectivity index (χ2n) is 2.52. The molecule has 68 valence electrons. The van der Waals surface area contributed by atoms with Crippen LogP contribution in [0.4, 0.5) is 0 Å². The highest BCUT2D eigenvalue weighted by Crippen LogP contribution is 2.18. The Kier molecular flexibility index (Phi) is 3.09. The zero-order chi connectivity index (χ0) is 9.84. The van der Waals surface area contributed by atoms with E-state index in [1.165, 1.54) is 0 Å². The molecule has 0 bridgehead atoms. The van der Waals surface area contributed by atoms with Crippen LogP contribution in [0.1, 0.15) is 12.5 Å². The number of rotatable bonds is 2. The highest BCUT2D eigenvalue weighted by molar-refractivity contribution is 6.31. The number of hydrogen-bond acceptors (Lipinski definition) is 1. The minimum absolute atomic E-state index is 0.266. The molecule has 0 saturated carbocycles. The maximum absolute atomic E-state index is 10.7. The molecule has 0 aliphatic carbocycles. The number of allylic oxidation sites excluding steroid dienone is 1. The molecule has 3 heteroatoms. The topological polar surface area (TPSA) is 37.3 Å². The first-order valence-electron chi connectivity index (χ1n) is 3.80. The van der Waals surface area contributed by atoms with Crippen molar-refractivity contribution < 1.29 is 9.90 Å². The Labute approximate surface area is 81.5 Å². The van der Waals surface area contributed by atoms with E-state index in [4.69, 9.17) is 16.7 Å². The van der Waals surface area contributed by atoms with Crippen LogP contribution in [0.25, 0.3) is 5.57 Å². The molecule has 0 aliphatic heterocycles. The third kappa shape index (κ3) is 2.33. The Balaban J connectivity index is 3.14. The van der Waals surface area contributed by atoms with E-state index < -0.39 is 5.97 Å². The van der Waals surface area contributed by atoms with Gasteiger partial charge in [0.2, 0.25) is 0 Å². The van der Waals surface area contributed by atoms with Gasteiger partial charge in [-0.25, -0.2) is 4.79 Å². The molecule has 0 amide bonds. The van der Waals surface area contributed by atoms with Crippen LogP contribution >= 0.6 is 11.6 Å². The second kappa shape index (κ2) is 4.10. The standard InChI is InChI=1S/C10H9ClO2/c1-2-9(10(12)13)7-4-3-5-8(11)6-7/h2-6H,1H3,(H,12,13).